The van der Waals surface area contributed by atoms with Crippen LogP contribution in [0, 0.1) is 5.82 Å². The van der Waals surface area contributed by atoms with Crippen molar-refractivity contribution in [1.82, 2.24) is 4.72 Å². The second kappa shape index (κ2) is 8.08. The van der Waals surface area contributed by atoms with Crippen LogP contribution in [0.2, 0.25) is 0 Å². The molecule has 0 aliphatic rings. The normalized spacial score (nSPS) is 17.9. The van der Waals surface area contributed by atoms with Crippen LogP contribution in [0.25, 0.3) is 0 Å². The molecule has 10 heteroatoms. The number of hydrogen-bond acceptors (Lipinski definition) is 3. The first-order valence-electron chi connectivity index (χ1n) is 7.19. The van der Waals surface area contributed by atoms with Crippen LogP contribution in [0.3, 0.4) is 0 Å². The summed E-state index contributed by atoms with van der Waals surface area (Å²) in [6.07, 6.45) is -9.19. The molecule has 3 nitrogen and oxygen atoms in total. The van der Waals surface area contributed by atoms with Crippen LogP contribution in [0.15, 0.2) is 22.7 Å². The zero-order chi connectivity index (χ0) is 19.6. The third-order valence-corrected chi connectivity index (χ3v) is 5.62. The minimum atomic E-state index is -5.03. The second-order valence-electron chi connectivity index (χ2n) is 6.58. The van der Waals surface area contributed by atoms with E-state index in [1.807, 2.05) is 0 Å². The first-order valence-corrected chi connectivity index (χ1v) is 9.13. The summed E-state index contributed by atoms with van der Waals surface area (Å²) in [4.78, 5) is 0. The number of benzene rings is 1. The van der Waals surface area contributed by atoms with Crippen molar-refractivity contribution in [3.8, 4) is 0 Å². The van der Waals surface area contributed by atoms with Crippen molar-refractivity contribution in [1.29, 1.82) is 0 Å². The van der Waals surface area contributed by atoms with Crippen molar-refractivity contribution in [2.45, 2.75) is 49.8 Å². The lowest BCUT2D eigenvalue weighted by Gasteiger charge is -2.37. The highest BCUT2D eigenvalue weighted by Gasteiger charge is 2.49. The summed E-state index contributed by atoms with van der Waals surface area (Å²) in [7, 11) is 0. The molecule has 0 spiro atoms. The molecule has 1 aromatic rings. The van der Waals surface area contributed by atoms with Gasteiger partial charge < -0.3 is 9.66 Å². The maximum Gasteiger partial charge on any atom is 0.414 e. The van der Waals surface area contributed by atoms with Gasteiger partial charge in [-0.05, 0) is 39.0 Å². The van der Waals surface area contributed by atoms with Crippen LogP contribution in [0.1, 0.15) is 32.8 Å². The highest BCUT2D eigenvalue weighted by molar-refractivity contribution is 9.10. The first-order chi connectivity index (χ1) is 11.2. The maximum absolute atomic E-state index is 14.3. The van der Waals surface area contributed by atoms with Gasteiger partial charge in [0.05, 0.1) is 0 Å². The predicted molar refractivity (Wildman–Crippen MR) is 89.5 cm³/mol. The largest absolute Gasteiger partial charge is 0.598 e. The van der Waals surface area contributed by atoms with Crippen LogP contribution in [0.4, 0.5) is 22.0 Å². The van der Waals surface area contributed by atoms with Crippen molar-refractivity contribution < 1.29 is 31.6 Å². The van der Waals surface area contributed by atoms with E-state index in [1.54, 1.807) is 0 Å². The molecule has 3 atom stereocenters. The monoisotopic (exact) mass is 451 g/mol. The molecule has 0 saturated heterocycles. The lowest BCUT2D eigenvalue weighted by molar-refractivity contribution is -0.210. The topological polar surface area (TPSA) is 55.3 Å². The number of rotatable bonds is 6. The Labute approximate surface area is 154 Å². The number of aliphatic hydroxyl groups is 1. The van der Waals surface area contributed by atoms with Gasteiger partial charge in [0.1, 0.15) is 22.8 Å². The quantitative estimate of drug-likeness (QED) is 0.505. The molecule has 0 fully saturated rings. The van der Waals surface area contributed by atoms with Gasteiger partial charge in [-0.1, -0.05) is 15.9 Å². The Hall–Kier alpha value is -0.420. The second-order valence-corrected chi connectivity index (χ2v) is 9.47. The maximum atomic E-state index is 14.3. The lowest BCUT2D eigenvalue weighted by Crippen LogP contribution is -2.55. The standard InChI is InChI=1S/C15H19BrF5NO2S/c1-13(2,3)25(24)22-14(8-17,7-12(23)15(19,20)21)10-6-9(16)4-5-11(10)18/h4-6,12,22-23H,7-8H2,1-3H3/t12-,14?,25?/m1/s1. The van der Waals surface area contributed by atoms with Crippen LogP contribution >= 0.6 is 15.9 Å². The van der Waals surface area contributed by atoms with Gasteiger partial charge >= 0.3 is 6.18 Å². The van der Waals surface area contributed by atoms with Gasteiger partial charge in [-0.2, -0.15) is 13.2 Å². The summed E-state index contributed by atoms with van der Waals surface area (Å²) >= 11 is 1.04. The molecule has 0 heterocycles. The van der Waals surface area contributed by atoms with E-state index in [-0.39, 0.29) is 0 Å². The highest BCUT2D eigenvalue weighted by Crippen LogP contribution is 2.37. The van der Waals surface area contributed by atoms with E-state index in [2.05, 4.69) is 20.7 Å². The van der Waals surface area contributed by atoms with E-state index in [1.165, 1.54) is 26.8 Å². The third kappa shape index (κ3) is 5.78. The number of halogens is 6. The Morgan fingerprint density at radius 1 is 1.28 bits per heavy atom. The predicted octanol–water partition coefficient (Wildman–Crippen LogP) is 4.12. The molecular formula is C15H19BrF5NO2S. The Bertz CT molecular complexity index is 572. The van der Waals surface area contributed by atoms with Crippen molar-refractivity contribution >= 4 is 27.3 Å². The van der Waals surface area contributed by atoms with Crippen LogP contribution in [-0.2, 0) is 16.9 Å². The minimum absolute atomic E-state index is 0.298. The molecule has 0 bridgehead atoms. The van der Waals surface area contributed by atoms with E-state index in [4.69, 9.17) is 0 Å². The molecule has 0 radical (unpaired) electrons. The first kappa shape index (κ1) is 22.6. The number of aliphatic hydroxyl groups excluding tert-OH is 1. The van der Waals surface area contributed by atoms with Gasteiger partial charge in [0.2, 0.25) is 0 Å². The van der Waals surface area contributed by atoms with E-state index in [0.717, 1.165) is 12.1 Å². The molecular weight excluding hydrogens is 433 g/mol. The summed E-state index contributed by atoms with van der Waals surface area (Å²) in [5, 5.41) is 9.42. The molecule has 144 valence electrons. The Morgan fingerprint density at radius 3 is 2.28 bits per heavy atom. The Balaban J connectivity index is 3.44. The molecule has 2 unspecified atom stereocenters. The third-order valence-electron chi connectivity index (χ3n) is 3.44. The van der Waals surface area contributed by atoms with Gasteiger partial charge in [0, 0.05) is 27.8 Å². The molecule has 0 amide bonds. The fourth-order valence-corrected chi connectivity index (χ4v) is 3.27. The van der Waals surface area contributed by atoms with Crippen molar-refractivity contribution in [2.75, 3.05) is 6.67 Å². The van der Waals surface area contributed by atoms with Gasteiger partial charge in [-0.15, -0.1) is 4.72 Å². The van der Waals surface area contributed by atoms with E-state index < -0.39 is 58.4 Å². The average molecular weight is 452 g/mol. The van der Waals surface area contributed by atoms with E-state index >= 15 is 0 Å². The van der Waals surface area contributed by atoms with Gasteiger partial charge in [-0.3, -0.25) is 0 Å². The summed E-state index contributed by atoms with van der Waals surface area (Å²) in [5.41, 5.74) is -2.77. The number of hydrogen-bond donors (Lipinski definition) is 2. The summed E-state index contributed by atoms with van der Waals surface area (Å²) < 4.78 is 80.6. The molecule has 2 N–H and O–H groups in total. The van der Waals surface area contributed by atoms with Crippen molar-refractivity contribution in [3.05, 3.63) is 34.1 Å². The smallest absolute Gasteiger partial charge is 0.414 e. The van der Waals surface area contributed by atoms with Crippen LogP contribution < -0.4 is 4.72 Å². The van der Waals surface area contributed by atoms with Gasteiger partial charge in [-0.25, -0.2) is 8.78 Å². The minimum Gasteiger partial charge on any atom is -0.598 e. The zero-order valence-electron chi connectivity index (χ0n) is 13.8. The Kier molecular flexibility index (Phi) is 7.31. The lowest BCUT2D eigenvalue weighted by atomic mass is 9.86. The van der Waals surface area contributed by atoms with Crippen LogP contribution in [0.5, 0.6) is 0 Å². The van der Waals surface area contributed by atoms with Crippen LogP contribution in [-0.4, -0.2) is 33.4 Å². The SMILES string of the molecule is CC(C)(C)[S+]([O-])NC(CF)(C[C@@H](O)C(F)(F)F)c1cc(Br)ccc1F. The Morgan fingerprint density at radius 2 is 1.84 bits per heavy atom. The molecule has 0 aliphatic carbocycles. The van der Waals surface area contributed by atoms with E-state index in [0.29, 0.717) is 4.47 Å². The fraction of sp³-hybridized carbons (Fsp3) is 0.600. The fourth-order valence-electron chi connectivity index (χ4n) is 2.00. The van der Waals surface area contributed by atoms with Gasteiger partial charge in [0.25, 0.3) is 0 Å². The number of nitrogens with one attached hydrogen (secondary N) is 1. The molecule has 1 aromatic carbocycles. The summed E-state index contributed by atoms with van der Waals surface area (Å²) in [5.74, 6) is -0.978. The average Bonchev–Trinajstić information content (AvgIpc) is 2.46. The molecule has 0 saturated carbocycles. The van der Waals surface area contributed by atoms with Crippen molar-refractivity contribution in [3.63, 3.8) is 0 Å². The van der Waals surface area contributed by atoms with E-state index in [9.17, 15) is 31.6 Å². The summed E-state index contributed by atoms with van der Waals surface area (Å²) in [6, 6.07) is 3.35. The molecule has 0 aliphatic heterocycles. The zero-order valence-corrected chi connectivity index (χ0v) is 16.2. The highest BCUT2D eigenvalue weighted by atomic mass is 79.9. The number of alkyl halides is 4. The molecule has 1 rings (SSSR count). The summed E-state index contributed by atoms with van der Waals surface area (Å²) in [6.45, 7) is 3.07. The van der Waals surface area contributed by atoms with Gasteiger partial charge in [0.15, 0.2) is 6.10 Å². The molecule has 0 aromatic heterocycles. The van der Waals surface area contributed by atoms with Crippen molar-refractivity contribution in [2.24, 2.45) is 0 Å². The molecule has 25 heavy (non-hydrogen) atoms.